The van der Waals surface area contributed by atoms with Crippen LogP contribution in [0.15, 0.2) is 24.3 Å². The quantitative estimate of drug-likeness (QED) is 0.683. The molecule has 1 aromatic rings. The van der Waals surface area contributed by atoms with Gasteiger partial charge in [0.15, 0.2) is 0 Å². The molecular formula is C14H23NO2. The molecule has 0 saturated carbocycles. The topological polar surface area (TPSA) is 41.5 Å². The molecule has 0 radical (unpaired) electrons. The van der Waals surface area contributed by atoms with Crippen LogP contribution in [0.5, 0.6) is 0 Å². The molecule has 0 heterocycles. The molecule has 1 unspecified atom stereocenters. The molecule has 3 heteroatoms. The van der Waals surface area contributed by atoms with Crippen LogP contribution in [-0.4, -0.2) is 31.0 Å². The lowest BCUT2D eigenvalue weighted by Gasteiger charge is -2.13. The first-order valence-corrected chi connectivity index (χ1v) is 6.28. The van der Waals surface area contributed by atoms with Crippen molar-refractivity contribution in [3.63, 3.8) is 0 Å². The van der Waals surface area contributed by atoms with Gasteiger partial charge in [0.2, 0.25) is 0 Å². The Kier molecular flexibility index (Phi) is 6.67. The van der Waals surface area contributed by atoms with Crippen molar-refractivity contribution < 1.29 is 9.84 Å². The number of aryl methyl sites for hydroxylation is 1. The van der Waals surface area contributed by atoms with Gasteiger partial charge < -0.3 is 15.2 Å². The summed E-state index contributed by atoms with van der Waals surface area (Å²) in [6.07, 6.45) is 1.73. The van der Waals surface area contributed by atoms with E-state index >= 15 is 0 Å². The van der Waals surface area contributed by atoms with Crippen molar-refractivity contribution in [1.29, 1.82) is 0 Å². The fourth-order valence-electron chi connectivity index (χ4n) is 1.43. The monoisotopic (exact) mass is 237 g/mol. The summed E-state index contributed by atoms with van der Waals surface area (Å²) in [6.45, 7) is 5.84. The smallest absolute Gasteiger partial charge is 0.0945 e. The molecule has 0 aliphatic heterocycles. The molecule has 0 amide bonds. The Bertz CT molecular complexity index is 298. The molecular weight excluding hydrogens is 214 g/mol. The standard InChI is InChI=1S/C14H23NO2/c1-3-4-9-17-11-14(16)10-15-13-7-5-12(2)6-8-13/h5-8,14-16H,3-4,9-11H2,1-2H3. The van der Waals surface area contributed by atoms with Gasteiger partial charge in [0.05, 0.1) is 12.7 Å². The second-order valence-electron chi connectivity index (χ2n) is 4.33. The number of rotatable bonds is 8. The highest BCUT2D eigenvalue weighted by atomic mass is 16.5. The van der Waals surface area contributed by atoms with Crippen LogP contribution < -0.4 is 5.32 Å². The van der Waals surface area contributed by atoms with Gasteiger partial charge in [-0.05, 0) is 25.5 Å². The number of anilines is 1. The summed E-state index contributed by atoms with van der Waals surface area (Å²) in [5.41, 5.74) is 2.27. The molecule has 0 bridgehead atoms. The average Bonchev–Trinajstić information content (AvgIpc) is 2.34. The van der Waals surface area contributed by atoms with E-state index in [1.807, 2.05) is 24.3 Å². The minimum atomic E-state index is -0.451. The molecule has 17 heavy (non-hydrogen) atoms. The van der Waals surface area contributed by atoms with E-state index in [1.54, 1.807) is 0 Å². The molecule has 1 atom stereocenters. The van der Waals surface area contributed by atoms with Gasteiger partial charge in [-0.25, -0.2) is 0 Å². The predicted molar refractivity (Wildman–Crippen MR) is 71.4 cm³/mol. The molecule has 0 aliphatic carbocycles. The molecule has 2 N–H and O–H groups in total. The summed E-state index contributed by atoms with van der Waals surface area (Å²) >= 11 is 0. The summed E-state index contributed by atoms with van der Waals surface area (Å²) in [5, 5.41) is 12.9. The van der Waals surface area contributed by atoms with Gasteiger partial charge in [0.1, 0.15) is 0 Å². The Balaban J connectivity index is 2.14. The Morgan fingerprint density at radius 1 is 1.29 bits per heavy atom. The van der Waals surface area contributed by atoms with E-state index < -0.39 is 6.10 Å². The van der Waals surface area contributed by atoms with E-state index in [2.05, 4.69) is 19.2 Å². The van der Waals surface area contributed by atoms with E-state index in [4.69, 9.17) is 4.74 Å². The first-order valence-electron chi connectivity index (χ1n) is 6.28. The Morgan fingerprint density at radius 3 is 2.65 bits per heavy atom. The van der Waals surface area contributed by atoms with Gasteiger partial charge in [-0.2, -0.15) is 0 Å². The van der Waals surface area contributed by atoms with E-state index in [9.17, 15) is 5.11 Å². The Hall–Kier alpha value is -1.06. The van der Waals surface area contributed by atoms with Gasteiger partial charge >= 0.3 is 0 Å². The maximum atomic E-state index is 9.68. The zero-order chi connectivity index (χ0) is 12.5. The Morgan fingerprint density at radius 2 is 2.00 bits per heavy atom. The summed E-state index contributed by atoms with van der Waals surface area (Å²) in [5.74, 6) is 0. The summed E-state index contributed by atoms with van der Waals surface area (Å²) in [6, 6.07) is 8.12. The maximum Gasteiger partial charge on any atom is 0.0945 e. The first-order chi connectivity index (χ1) is 8.22. The van der Waals surface area contributed by atoms with Gasteiger partial charge in [0.25, 0.3) is 0 Å². The van der Waals surface area contributed by atoms with Crippen molar-refractivity contribution in [2.24, 2.45) is 0 Å². The van der Waals surface area contributed by atoms with Crippen molar-refractivity contribution in [2.75, 3.05) is 25.1 Å². The number of hydrogen-bond acceptors (Lipinski definition) is 3. The third-order valence-corrected chi connectivity index (χ3v) is 2.55. The minimum absolute atomic E-state index is 0.402. The fraction of sp³-hybridized carbons (Fsp3) is 0.571. The van der Waals surface area contributed by atoms with Crippen molar-refractivity contribution in [1.82, 2.24) is 0 Å². The molecule has 1 rings (SSSR count). The second kappa shape index (κ2) is 8.09. The zero-order valence-corrected chi connectivity index (χ0v) is 10.8. The van der Waals surface area contributed by atoms with Gasteiger partial charge in [-0.3, -0.25) is 0 Å². The molecule has 0 aromatic heterocycles. The molecule has 0 fully saturated rings. The number of aliphatic hydroxyl groups is 1. The summed E-state index contributed by atoms with van der Waals surface area (Å²) in [7, 11) is 0. The van der Waals surface area contributed by atoms with Crippen LogP contribution in [-0.2, 0) is 4.74 Å². The third-order valence-electron chi connectivity index (χ3n) is 2.55. The third kappa shape index (κ3) is 6.29. The molecule has 0 saturated heterocycles. The fourth-order valence-corrected chi connectivity index (χ4v) is 1.43. The molecule has 0 spiro atoms. The van der Waals surface area contributed by atoms with E-state index in [-0.39, 0.29) is 0 Å². The van der Waals surface area contributed by atoms with Crippen LogP contribution in [0.25, 0.3) is 0 Å². The second-order valence-corrected chi connectivity index (χ2v) is 4.33. The number of nitrogens with one attached hydrogen (secondary N) is 1. The molecule has 1 aromatic carbocycles. The first kappa shape index (κ1) is 14.0. The van der Waals surface area contributed by atoms with Crippen LogP contribution in [0.1, 0.15) is 25.3 Å². The molecule has 3 nitrogen and oxygen atoms in total. The highest BCUT2D eigenvalue weighted by Gasteiger charge is 2.03. The zero-order valence-electron chi connectivity index (χ0n) is 10.8. The lowest BCUT2D eigenvalue weighted by Crippen LogP contribution is -2.25. The predicted octanol–water partition coefficient (Wildman–Crippen LogP) is 2.58. The van der Waals surface area contributed by atoms with Gasteiger partial charge in [0, 0.05) is 18.8 Å². The summed E-state index contributed by atoms with van der Waals surface area (Å²) < 4.78 is 5.35. The molecule has 0 aliphatic rings. The number of unbranched alkanes of at least 4 members (excludes halogenated alkanes) is 1. The summed E-state index contributed by atoms with van der Waals surface area (Å²) in [4.78, 5) is 0. The van der Waals surface area contributed by atoms with Crippen LogP contribution in [0.4, 0.5) is 5.69 Å². The largest absolute Gasteiger partial charge is 0.389 e. The number of benzene rings is 1. The SMILES string of the molecule is CCCCOCC(O)CNc1ccc(C)cc1. The average molecular weight is 237 g/mol. The minimum Gasteiger partial charge on any atom is -0.389 e. The molecule has 96 valence electrons. The lowest BCUT2D eigenvalue weighted by molar-refractivity contribution is 0.0422. The Labute approximate surface area is 104 Å². The highest BCUT2D eigenvalue weighted by Crippen LogP contribution is 2.08. The van der Waals surface area contributed by atoms with E-state index in [0.717, 1.165) is 25.1 Å². The number of hydrogen-bond donors (Lipinski definition) is 2. The van der Waals surface area contributed by atoms with Crippen molar-refractivity contribution in [3.05, 3.63) is 29.8 Å². The van der Waals surface area contributed by atoms with Crippen LogP contribution in [0.2, 0.25) is 0 Å². The van der Waals surface area contributed by atoms with Crippen LogP contribution in [0, 0.1) is 6.92 Å². The number of aliphatic hydroxyl groups excluding tert-OH is 1. The van der Waals surface area contributed by atoms with Crippen LogP contribution >= 0.6 is 0 Å². The van der Waals surface area contributed by atoms with Crippen molar-refractivity contribution in [3.8, 4) is 0 Å². The highest BCUT2D eigenvalue weighted by molar-refractivity contribution is 5.44. The number of ether oxygens (including phenoxy) is 1. The van der Waals surface area contributed by atoms with Gasteiger partial charge in [-0.15, -0.1) is 0 Å². The lowest BCUT2D eigenvalue weighted by atomic mass is 10.2. The van der Waals surface area contributed by atoms with E-state index in [0.29, 0.717) is 13.2 Å². The maximum absolute atomic E-state index is 9.68. The van der Waals surface area contributed by atoms with Crippen LogP contribution in [0.3, 0.4) is 0 Å². The normalized spacial score (nSPS) is 12.4. The van der Waals surface area contributed by atoms with Crippen molar-refractivity contribution >= 4 is 5.69 Å². The van der Waals surface area contributed by atoms with E-state index in [1.165, 1.54) is 5.56 Å². The van der Waals surface area contributed by atoms with Gasteiger partial charge in [-0.1, -0.05) is 31.0 Å². The van der Waals surface area contributed by atoms with Crippen molar-refractivity contribution in [2.45, 2.75) is 32.8 Å².